The molecule has 0 radical (unpaired) electrons. The Kier molecular flexibility index (Phi) is 18.4. The Bertz CT molecular complexity index is 8090. The van der Waals surface area contributed by atoms with E-state index in [-0.39, 0.29) is 0 Å². The van der Waals surface area contributed by atoms with Gasteiger partial charge in [0.05, 0.1) is 42.9 Å². The van der Waals surface area contributed by atoms with Crippen LogP contribution in [0.15, 0.2) is 425 Å². The fraction of sp³-hybridized carbons (Fsp3) is 0. The lowest BCUT2D eigenvalue weighted by Crippen LogP contribution is -2.02. The molecule has 0 bridgehead atoms. The topological polar surface area (TPSA) is 113 Å². The van der Waals surface area contributed by atoms with Crippen LogP contribution in [0.3, 0.4) is 0 Å². The predicted octanol–water partition coefficient (Wildman–Crippen LogP) is 29.5. The van der Waals surface area contributed by atoms with E-state index < -0.39 is 0 Å². The molecule has 0 aliphatic rings. The van der Waals surface area contributed by atoms with E-state index in [4.69, 9.17) is 39.9 Å². The highest BCUT2D eigenvalue weighted by atomic mass is 32.1. The molecule has 0 unspecified atom stereocenters. The first-order valence-electron chi connectivity index (χ1n) is 41.4. The Balaban J connectivity index is 0.000000143. The molecule has 24 aromatic rings. The normalized spacial score (nSPS) is 11.5. The van der Waals surface area contributed by atoms with Crippen molar-refractivity contribution >= 4 is 107 Å². The zero-order valence-electron chi connectivity index (χ0n) is 66.7. The molecule has 0 atom stereocenters. The monoisotopic (exact) mass is 1620 g/mol. The maximum Gasteiger partial charge on any atom is 0.166 e. The zero-order chi connectivity index (χ0) is 82.0. The number of rotatable bonds is 14. The molecule has 124 heavy (non-hydrogen) atoms. The van der Waals surface area contributed by atoms with Gasteiger partial charge in [-0.05, 0) is 88.0 Å². The Morgan fingerprint density at radius 1 is 0.185 bits per heavy atom. The van der Waals surface area contributed by atoms with Crippen molar-refractivity contribution in [2.75, 3.05) is 0 Å². The predicted molar refractivity (Wildman–Crippen MR) is 515 cm³/mol. The van der Waals surface area contributed by atoms with Crippen molar-refractivity contribution in [3.8, 4) is 147 Å². The van der Waals surface area contributed by atoms with E-state index in [0.29, 0.717) is 34.9 Å². The Hall–Kier alpha value is -16.1. The Morgan fingerprint density at radius 2 is 0.500 bits per heavy atom. The SMILES string of the molecule is c1ccc(-c2nc(-c3ccccc3)nc(-c3cc(-c4ccccc4-c4ccccc4)cnc3-c3ccc4c(c3)sc3c4ccc4c5ccccc5n(-c5ccccc5)c43)n2)cc1.c1ccc(-c2nc(-c3ccccc3)nc(-c3cc(-c4ccccc4-c4ccccc4)cnc3-c3cccc4c3sc3c4ccc4c5ccccc5n(-c5ccccc5)c43)n2)cc1. The van der Waals surface area contributed by atoms with Gasteiger partial charge >= 0.3 is 0 Å². The third-order valence-electron chi connectivity index (χ3n) is 23.4. The standard InChI is InChI=1S/2C56H35N5S/c1-5-18-36(19-6-1)41-26-13-14-27-42(41)39-34-48(56-59-54(37-20-7-2-8-21-37)58-55(60-56)38-22-9-3-10-23-38)50(57-35-39)47-30-17-29-45-46-33-32-44-43-28-15-16-31-49(43)61(40-24-11-4-12-25-40)51(44)53(46)62-52(45)47;1-5-17-36(18-6-1)42-25-13-14-26-43(42)40-33-48(56-59-54(37-19-7-2-8-20-37)58-55(60-56)38-21-9-3-10-22-38)51(57-35-40)39-29-30-45-47-32-31-46-44-27-15-16-28-49(44)61(41-23-11-4-12-24-41)52(46)53(47)62-50(45)34-39/h2*1-35H. The minimum atomic E-state index is 0.559. The highest BCUT2D eigenvalue weighted by Crippen LogP contribution is 2.50. The first-order valence-corrected chi connectivity index (χ1v) is 43.1. The van der Waals surface area contributed by atoms with Crippen LogP contribution in [0, 0.1) is 0 Å². The number of pyridine rings is 2. The van der Waals surface area contributed by atoms with Crippen LogP contribution in [0.5, 0.6) is 0 Å². The summed E-state index contributed by atoms with van der Waals surface area (Å²) in [5, 5.41) is 9.82. The number of fused-ring (bicyclic) bond motifs is 14. The highest BCUT2D eigenvalue weighted by molar-refractivity contribution is 7.27. The van der Waals surface area contributed by atoms with E-state index in [2.05, 4.69) is 300 Å². The second kappa shape index (κ2) is 31.2. The van der Waals surface area contributed by atoms with Gasteiger partial charge < -0.3 is 9.13 Å². The summed E-state index contributed by atoms with van der Waals surface area (Å²) in [4.78, 5) is 41.8. The van der Waals surface area contributed by atoms with Crippen LogP contribution >= 0.6 is 22.7 Å². The van der Waals surface area contributed by atoms with E-state index >= 15 is 0 Å². The average molecular weight is 1620 g/mol. The molecule has 8 aromatic heterocycles. The van der Waals surface area contributed by atoms with E-state index in [1.165, 1.54) is 79.3 Å². The molecule has 0 N–H and O–H groups in total. The molecule has 24 rings (SSSR count). The van der Waals surface area contributed by atoms with Gasteiger partial charge in [0.15, 0.2) is 34.9 Å². The fourth-order valence-corrected chi connectivity index (χ4v) is 20.3. The molecule has 12 heteroatoms. The van der Waals surface area contributed by atoms with E-state index in [0.717, 1.165) is 116 Å². The van der Waals surface area contributed by atoms with Crippen molar-refractivity contribution in [3.63, 3.8) is 0 Å². The maximum atomic E-state index is 5.42. The van der Waals surface area contributed by atoms with E-state index in [1.807, 2.05) is 156 Å². The number of nitrogens with zero attached hydrogens (tertiary/aromatic N) is 10. The summed E-state index contributed by atoms with van der Waals surface area (Å²) in [6, 6.07) is 144. The molecule has 0 fully saturated rings. The number of thiophene rings is 2. The van der Waals surface area contributed by atoms with Crippen LogP contribution in [0.2, 0.25) is 0 Å². The lowest BCUT2D eigenvalue weighted by Gasteiger charge is -2.15. The van der Waals surface area contributed by atoms with Gasteiger partial charge in [-0.3, -0.25) is 9.97 Å². The van der Waals surface area contributed by atoms with E-state index in [1.54, 1.807) is 0 Å². The zero-order valence-corrected chi connectivity index (χ0v) is 68.3. The molecule has 16 aromatic carbocycles. The van der Waals surface area contributed by atoms with Gasteiger partial charge in [-0.25, -0.2) is 29.9 Å². The molecular formula is C112H70N10S2. The summed E-state index contributed by atoms with van der Waals surface area (Å²) in [5.74, 6) is 3.54. The molecule has 0 aliphatic heterocycles. The minimum absolute atomic E-state index is 0.559. The van der Waals surface area contributed by atoms with Gasteiger partial charge in [0.2, 0.25) is 0 Å². The van der Waals surface area contributed by atoms with Crippen LogP contribution in [0.25, 0.3) is 231 Å². The quantitative estimate of drug-likeness (QED) is 0.106. The molecule has 0 spiro atoms. The van der Waals surface area contributed by atoms with Crippen molar-refractivity contribution < 1.29 is 0 Å². The summed E-state index contributed by atoms with van der Waals surface area (Å²) in [6.07, 6.45) is 4.00. The number of aromatic nitrogens is 10. The summed E-state index contributed by atoms with van der Waals surface area (Å²) >= 11 is 3.66. The van der Waals surface area contributed by atoms with Crippen molar-refractivity contribution in [2.24, 2.45) is 0 Å². The van der Waals surface area contributed by atoms with Gasteiger partial charge in [0, 0.05) is 132 Å². The number of benzene rings is 16. The number of para-hydroxylation sites is 4. The van der Waals surface area contributed by atoms with E-state index in [9.17, 15) is 0 Å². The maximum absolute atomic E-state index is 5.42. The summed E-state index contributed by atoms with van der Waals surface area (Å²) in [6.45, 7) is 0. The van der Waals surface area contributed by atoms with Crippen molar-refractivity contribution in [2.45, 2.75) is 0 Å². The second-order valence-electron chi connectivity index (χ2n) is 30.8. The second-order valence-corrected chi connectivity index (χ2v) is 32.9. The van der Waals surface area contributed by atoms with Crippen LogP contribution in [0.1, 0.15) is 0 Å². The lowest BCUT2D eigenvalue weighted by atomic mass is 9.93. The summed E-state index contributed by atoms with van der Waals surface area (Å²) in [7, 11) is 0. The Morgan fingerprint density at radius 3 is 0.944 bits per heavy atom. The van der Waals surface area contributed by atoms with Gasteiger partial charge in [0.1, 0.15) is 0 Å². The van der Waals surface area contributed by atoms with Crippen LogP contribution in [-0.4, -0.2) is 49.0 Å². The minimum Gasteiger partial charge on any atom is -0.308 e. The fourth-order valence-electron chi connectivity index (χ4n) is 17.7. The molecule has 0 aliphatic carbocycles. The average Bonchev–Trinajstić information content (AvgIpc) is 1.56. The number of hydrogen-bond donors (Lipinski definition) is 0. The first-order chi connectivity index (χ1) is 61.5. The summed E-state index contributed by atoms with van der Waals surface area (Å²) in [5.41, 5.74) is 24.7. The molecule has 0 amide bonds. The largest absolute Gasteiger partial charge is 0.308 e. The summed E-state index contributed by atoms with van der Waals surface area (Å²) < 4.78 is 9.68. The molecule has 8 heterocycles. The molecule has 10 nitrogen and oxygen atoms in total. The van der Waals surface area contributed by atoms with Crippen LogP contribution in [-0.2, 0) is 0 Å². The third kappa shape index (κ3) is 13.0. The van der Waals surface area contributed by atoms with Crippen LogP contribution < -0.4 is 0 Å². The molecule has 0 saturated carbocycles. The van der Waals surface area contributed by atoms with Gasteiger partial charge in [-0.15, -0.1) is 22.7 Å². The molecule has 580 valence electrons. The van der Waals surface area contributed by atoms with Crippen molar-refractivity contribution in [1.29, 1.82) is 0 Å². The van der Waals surface area contributed by atoms with Crippen LogP contribution in [0.4, 0.5) is 0 Å². The number of hydrogen-bond acceptors (Lipinski definition) is 10. The highest BCUT2D eigenvalue weighted by Gasteiger charge is 2.27. The van der Waals surface area contributed by atoms with Gasteiger partial charge in [-0.2, -0.15) is 0 Å². The van der Waals surface area contributed by atoms with Gasteiger partial charge in [0.25, 0.3) is 0 Å². The Labute approximate surface area is 722 Å². The smallest absolute Gasteiger partial charge is 0.166 e. The van der Waals surface area contributed by atoms with Crippen molar-refractivity contribution in [3.05, 3.63) is 425 Å². The molecular weight excluding hydrogens is 1550 g/mol. The van der Waals surface area contributed by atoms with Crippen molar-refractivity contribution in [1.82, 2.24) is 49.0 Å². The molecule has 0 saturated heterocycles. The van der Waals surface area contributed by atoms with Gasteiger partial charge in [-0.1, -0.05) is 358 Å². The third-order valence-corrected chi connectivity index (χ3v) is 25.9. The first kappa shape index (κ1) is 73.1. The lowest BCUT2D eigenvalue weighted by molar-refractivity contribution is 1.07.